The normalized spacial score (nSPS) is 17.4. The van der Waals surface area contributed by atoms with Crippen LogP contribution in [0.15, 0.2) is 20.9 Å². The average Bonchev–Trinajstić information content (AvgIpc) is 2.91. The second-order valence-electron chi connectivity index (χ2n) is 5.57. The molecule has 0 saturated carbocycles. The Morgan fingerprint density at radius 2 is 2.00 bits per heavy atom. The van der Waals surface area contributed by atoms with Crippen LogP contribution < -0.4 is 5.32 Å². The largest absolute Gasteiger partial charge is 0.390 e. The van der Waals surface area contributed by atoms with Crippen molar-refractivity contribution in [3.05, 3.63) is 20.8 Å². The Kier molecular flexibility index (Phi) is 7.36. The Bertz CT molecular complexity index is 539. The lowest BCUT2D eigenvalue weighted by Crippen LogP contribution is -2.52. The first-order valence-corrected chi connectivity index (χ1v) is 9.55. The average molecular weight is 427 g/mol. The van der Waals surface area contributed by atoms with Crippen molar-refractivity contribution >= 4 is 33.2 Å². The van der Waals surface area contributed by atoms with Crippen molar-refractivity contribution in [2.75, 3.05) is 39.3 Å². The van der Waals surface area contributed by atoms with E-state index in [4.69, 9.17) is 0 Å². The maximum Gasteiger partial charge on any atom is 0.390 e. The summed E-state index contributed by atoms with van der Waals surface area (Å²) in [7, 11) is 0. The molecule has 0 aromatic carbocycles. The van der Waals surface area contributed by atoms with Crippen LogP contribution >= 0.6 is 27.3 Å². The Morgan fingerprint density at radius 3 is 2.54 bits per heavy atom. The predicted octanol–water partition coefficient (Wildman–Crippen LogP) is 3.55. The lowest BCUT2D eigenvalue weighted by atomic mass is 10.3. The van der Waals surface area contributed by atoms with E-state index in [1.807, 2.05) is 17.9 Å². The number of alkyl halides is 3. The van der Waals surface area contributed by atoms with E-state index < -0.39 is 12.6 Å². The van der Waals surface area contributed by atoms with Gasteiger partial charge < -0.3 is 10.2 Å². The van der Waals surface area contributed by atoms with Crippen LogP contribution in [0.4, 0.5) is 13.2 Å². The first-order valence-electron chi connectivity index (χ1n) is 7.94. The van der Waals surface area contributed by atoms with Crippen molar-refractivity contribution in [3.63, 3.8) is 0 Å². The standard InChI is InChI=1S/C15H22BrF3N4S/c1-2-20-14(21-6-5-15(17,18)19)23-9-7-22(8-10-23)11-12-3-4-13(16)24-12/h3-4H,2,5-11H2,1H3,(H,20,21). The number of hydrogen-bond acceptors (Lipinski definition) is 3. The molecule has 0 spiro atoms. The Morgan fingerprint density at radius 1 is 1.29 bits per heavy atom. The molecule has 24 heavy (non-hydrogen) atoms. The molecule has 0 amide bonds. The highest BCUT2D eigenvalue weighted by atomic mass is 79.9. The molecule has 1 fully saturated rings. The minimum Gasteiger partial charge on any atom is -0.357 e. The van der Waals surface area contributed by atoms with Crippen molar-refractivity contribution < 1.29 is 13.2 Å². The highest BCUT2D eigenvalue weighted by Gasteiger charge is 2.26. The number of nitrogens with zero attached hydrogens (tertiary/aromatic N) is 3. The molecule has 0 atom stereocenters. The summed E-state index contributed by atoms with van der Waals surface area (Å²) in [5, 5.41) is 3.09. The van der Waals surface area contributed by atoms with Gasteiger partial charge in [-0.1, -0.05) is 0 Å². The minimum atomic E-state index is -4.16. The van der Waals surface area contributed by atoms with Crippen molar-refractivity contribution in [2.24, 2.45) is 4.99 Å². The second kappa shape index (κ2) is 9.05. The summed E-state index contributed by atoms with van der Waals surface area (Å²) >= 11 is 5.20. The maximum absolute atomic E-state index is 12.3. The second-order valence-corrected chi connectivity index (χ2v) is 8.12. The van der Waals surface area contributed by atoms with E-state index in [-0.39, 0.29) is 6.54 Å². The molecule has 4 nitrogen and oxygen atoms in total. The number of nitrogens with one attached hydrogen (secondary N) is 1. The number of guanidine groups is 1. The van der Waals surface area contributed by atoms with Gasteiger partial charge in [0.05, 0.1) is 16.8 Å². The predicted molar refractivity (Wildman–Crippen MR) is 95.5 cm³/mol. The summed E-state index contributed by atoms with van der Waals surface area (Å²) in [6.45, 7) is 6.53. The van der Waals surface area contributed by atoms with Crippen LogP contribution in [0.1, 0.15) is 18.2 Å². The molecule has 1 aliphatic heterocycles. The molecule has 2 rings (SSSR count). The summed E-state index contributed by atoms with van der Waals surface area (Å²) in [5.41, 5.74) is 0. The third-order valence-corrected chi connectivity index (χ3v) is 5.28. The van der Waals surface area contributed by atoms with Gasteiger partial charge in [-0.3, -0.25) is 9.89 Å². The number of thiophene rings is 1. The van der Waals surface area contributed by atoms with Gasteiger partial charge in [-0.05, 0) is 35.0 Å². The molecular weight excluding hydrogens is 405 g/mol. The fourth-order valence-electron chi connectivity index (χ4n) is 2.49. The quantitative estimate of drug-likeness (QED) is 0.576. The van der Waals surface area contributed by atoms with Gasteiger partial charge >= 0.3 is 6.18 Å². The van der Waals surface area contributed by atoms with E-state index in [0.717, 1.165) is 36.5 Å². The van der Waals surface area contributed by atoms with Crippen molar-refractivity contribution in [1.82, 2.24) is 15.1 Å². The number of rotatable bonds is 5. The molecule has 0 aliphatic carbocycles. The Labute approximate surface area is 152 Å². The fraction of sp³-hybridized carbons (Fsp3) is 0.667. The highest BCUT2D eigenvalue weighted by molar-refractivity contribution is 9.11. The molecule has 1 saturated heterocycles. The first-order chi connectivity index (χ1) is 11.4. The van der Waals surface area contributed by atoms with Crippen LogP contribution in [0.3, 0.4) is 0 Å². The van der Waals surface area contributed by atoms with Gasteiger partial charge in [0.1, 0.15) is 0 Å². The van der Waals surface area contributed by atoms with Gasteiger partial charge in [0, 0.05) is 44.1 Å². The summed E-state index contributed by atoms with van der Waals surface area (Å²) < 4.78 is 38.0. The fourth-order valence-corrected chi connectivity index (χ4v) is 4.01. The number of hydrogen-bond donors (Lipinski definition) is 1. The molecule has 1 aliphatic rings. The smallest absolute Gasteiger partial charge is 0.357 e. The monoisotopic (exact) mass is 426 g/mol. The van der Waals surface area contributed by atoms with Crippen LogP contribution in [0.25, 0.3) is 0 Å². The van der Waals surface area contributed by atoms with Crippen LogP contribution in [0.5, 0.6) is 0 Å². The third kappa shape index (κ3) is 6.60. The van der Waals surface area contributed by atoms with Gasteiger partial charge in [-0.25, -0.2) is 0 Å². The summed E-state index contributed by atoms with van der Waals surface area (Å²) in [6, 6.07) is 4.16. The molecule has 0 radical (unpaired) electrons. The van der Waals surface area contributed by atoms with Crippen LogP contribution in [0.2, 0.25) is 0 Å². The lowest BCUT2D eigenvalue weighted by molar-refractivity contribution is -0.132. The van der Waals surface area contributed by atoms with E-state index >= 15 is 0 Å². The molecular formula is C15H22BrF3N4S. The minimum absolute atomic E-state index is 0.227. The van der Waals surface area contributed by atoms with Gasteiger partial charge in [0.25, 0.3) is 0 Å². The summed E-state index contributed by atoms with van der Waals surface area (Å²) in [5.74, 6) is 0.584. The molecule has 2 heterocycles. The number of piperazine rings is 1. The van der Waals surface area contributed by atoms with Crippen LogP contribution in [-0.4, -0.2) is 61.2 Å². The molecule has 1 aromatic heterocycles. The van der Waals surface area contributed by atoms with E-state index in [2.05, 4.69) is 37.2 Å². The van der Waals surface area contributed by atoms with Gasteiger partial charge in [0.15, 0.2) is 5.96 Å². The van der Waals surface area contributed by atoms with Gasteiger partial charge in [-0.2, -0.15) is 13.2 Å². The molecule has 1 aromatic rings. The van der Waals surface area contributed by atoms with Crippen molar-refractivity contribution in [3.8, 4) is 0 Å². The number of aliphatic imine (C=N–C) groups is 1. The summed E-state index contributed by atoms with van der Waals surface area (Å²) in [4.78, 5) is 9.83. The van der Waals surface area contributed by atoms with E-state index in [1.54, 1.807) is 11.3 Å². The van der Waals surface area contributed by atoms with Gasteiger partial charge in [0.2, 0.25) is 0 Å². The van der Waals surface area contributed by atoms with Crippen LogP contribution in [-0.2, 0) is 6.54 Å². The molecule has 136 valence electrons. The zero-order valence-electron chi connectivity index (χ0n) is 13.6. The first kappa shape index (κ1) is 19.5. The topological polar surface area (TPSA) is 30.9 Å². The van der Waals surface area contributed by atoms with E-state index in [1.165, 1.54) is 4.88 Å². The van der Waals surface area contributed by atoms with E-state index in [0.29, 0.717) is 12.5 Å². The zero-order chi connectivity index (χ0) is 17.6. The van der Waals surface area contributed by atoms with Gasteiger partial charge in [-0.15, -0.1) is 11.3 Å². The zero-order valence-corrected chi connectivity index (χ0v) is 16.0. The van der Waals surface area contributed by atoms with Crippen molar-refractivity contribution in [2.45, 2.75) is 26.1 Å². The molecule has 9 heteroatoms. The Hall–Kier alpha value is -0.800. The van der Waals surface area contributed by atoms with Crippen molar-refractivity contribution in [1.29, 1.82) is 0 Å². The lowest BCUT2D eigenvalue weighted by Gasteiger charge is -2.36. The Balaban J connectivity index is 1.84. The molecule has 0 unspecified atom stereocenters. The number of halogens is 4. The van der Waals surface area contributed by atoms with Crippen LogP contribution in [0, 0.1) is 0 Å². The molecule has 1 N–H and O–H groups in total. The molecule has 0 bridgehead atoms. The van der Waals surface area contributed by atoms with E-state index in [9.17, 15) is 13.2 Å². The highest BCUT2D eigenvalue weighted by Crippen LogP contribution is 2.23. The third-order valence-electron chi connectivity index (χ3n) is 3.67. The summed E-state index contributed by atoms with van der Waals surface area (Å²) in [6.07, 6.45) is -5.04. The SMILES string of the molecule is CCNC(=NCCC(F)(F)F)N1CCN(Cc2ccc(Br)s2)CC1. The maximum atomic E-state index is 12.3.